The van der Waals surface area contributed by atoms with E-state index in [0.29, 0.717) is 16.8 Å². The molecule has 1 atom stereocenters. The number of hydrogen-bond acceptors (Lipinski definition) is 3. The Hall–Kier alpha value is -2.47. The van der Waals surface area contributed by atoms with Crippen LogP contribution in [0.4, 0.5) is 14.5 Å². The summed E-state index contributed by atoms with van der Waals surface area (Å²) in [7, 11) is 0. The molecule has 4 nitrogen and oxygen atoms in total. The third kappa shape index (κ3) is 4.29. The third-order valence-corrected chi connectivity index (χ3v) is 3.73. The lowest BCUT2D eigenvalue weighted by atomic mass is 10.0. The maximum atomic E-state index is 13.4. The van der Waals surface area contributed by atoms with Crippen molar-refractivity contribution in [2.45, 2.75) is 19.9 Å². The van der Waals surface area contributed by atoms with Crippen molar-refractivity contribution in [2.75, 3.05) is 18.5 Å². The summed E-state index contributed by atoms with van der Waals surface area (Å²) in [5.74, 6) is -1.55. The second-order valence-corrected chi connectivity index (χ2v) is 5.53. The summed E-state index contributed by atoms with van der Waals surface area (Å²) < 4.78 is 26.7. The molecule has 2 rings (SSSR count). The van der Waals surface area contributed by atoms with Gasteiger partial charge in [-0.25, -0.2) is 8.78 Å². The zero-order valence-corrected chi connectivity index (χ0v) is 13.6. The summed E-state index contributed by atoms with van der Waals surface area (Å²) in [6.07, 6.45) is 0. The van der Waals surface area contributed by atoms with Crippen LogP contribution in [-0.2, 0) is 0 Å². The van der Waals surface area contributed by atoms with Crippen LogP contribution in [0.2, 0.25) is 0 Å². The molecule has 2 aromatic rings. The second kappa shape index (κ2) is 7.88. The van der Waals surface area contributed by atoms with Crippen LogP contribution in [0.25, 0.3) is 0 Å². The van der Waals surface area contributed by atoms with Crippen molar-refractivity contribution >= 4 is 11.6 Å². The number of halogens is 2. The molecule has 128 valence electrons. The number of amides is 1. The molecule has 0 radical (unpaired) electrons. The molecule has 2 aromatic carbocycles. The number of nitrogens with one attached hydrogen (secondary N) is 2. The average Bonchev–Trinajstić information content (AvgIpc) is 2.53. The lowest BCUT2D eigenvalue weighted by Gasteiger charge is -2.19. The fraction of sp³-hybridized carbons (Fsp3) is 0.278. The van der Waals surface area contributed by atoms with E-state index in [0.717, 1.165) is 11.6 Å². The molecule has 0 aliphatic rings. The highest BCUT2D eigenvalue weighted by Gasteiger charge is 2.14. The first-order valence-electron chi connectivity index (χ1n) is 7.63. The van der Waals surface area contributed by atoms with Crippen LogP contribution >= 0.6 is 0 Å². The summed E-state index contributed by atoms with van der Waals surface area (Å²) in [5.41, 5.74) is 2.37. The Morgan fingerprint density at radius 1 is 1.21 bits per heavy atom. The van der Waals surface area contributed by atoms with Crippen molar-refractivity contribution in [1.29, 1.82) is 0 Å². The molecular weight excluding hydrogens is 314 g/mol. The normalized spacial score (nSPS) is 11.9. The van der Waals surface area contributed by atoms with Crippen molar-refractivity contribution in [2.24, 2.45) is 0 Å². The van der Waals surface area contributed by atoms with Gasteiger partial charge in [0.2, 0.25) is 0 Å². The molecule has 0 aliphatic heterocycles. The standard InChI is InChI=1S/C18H20F2N2O2/c1-11-16(18(24)21-6-7-23)4-3-5-17(11)22-12(2)13-8-14(19)10-15(20)9-13/h3-5,8-10,12,22-23H,6-7H2,1-2H3,(H,21,24). The van der Waals surface area contributed by atoms with Gasteiger partial charge in [0.1, 0.15) is 11.6 Å². The van der Waals surface area contributed by atoms with E-state index < -0.39 is 11.6 Å². The molecule has 3 N–H and O–H groups in total. The quantitative estimate of drug-likeness (QED) is 0.760. The van der Waals surface area contributed by atoms with Gasteiger partial charge in [0.15, 0.2) is 0 Å². The molecular formula is C18H20F2N2O2. The largest absolute Gasteiger partial charge is 0.395 e. The zero-order valence-electron chi connectivity index (χ0n) is 13.6. The number of carbonyl (C=O) groups excluding carboxylic acids is 1. The second-order valence-electron chi connectivity index (χ2n) is 5.53. The van der Waals surface area contributed by atoms with Crippen LogP contribution in [-0.4, -0.2) is 24.2 Å². The summed E-state index contributed by atoms with van der Waals surface area (Å²) in [6, 6.07) is 8.23. The number of anilines is 1. The Morgan fingerprint density at radius 2 is 1.88 bits per heavy atom. The van der Waals surface area contributed by atoms with Gasteiger partial charge in [-0.15, -0.1) is 0 Å². The fourth-order valence-electron chi connectivity index (χ4n) is 2.44. The molecule has 1 unspecified atom stereocenters. The van der Waals surface area contributed by atoms with Gasteiger partial charge in [-0.1, -0.05) is 6.07 Å². The number of aliphatic hydroxyl groups excluding tert-OH is 1. The van der Waals surface area contributed by atoms with Crippen LogP contribution < -0.4 is 10.6 Å². The van der Waals surface area contributed by atoms with E-state index in [1.165, 1.54) is 12.1 Å². The monoisotopic (exact) mass is 334 g/mol. The van der Waals surface area contributed by atoms with Gasteiger partial charge in [-0.3, -0.25) is 4.79 Å². The number of benzene rings is 2. The molecule has 0 fully saturated rings. The smallest absolute Gasteiger partial charge is 0.251 e. The van der Waals surface area contributed by atoms with Gasteiger partial charge in [-0.05, 0) is 49.2 Å². The first-order valence-corrected chi connectivity index (χ1v) is 7.63. The predicted molar refractivity (Wildman–Crippen MR) is 89.0 cm³/mol. The maximum absolute atomic E-state index is 13.4. The minimum atomic E-state index is -0.632. The van der Waals surface area contributed by atoms with E-state index in [2.05, 4.69) is 10.6 Å². The fourth-order valence-corrected chi connectivity index (χ4v) is 2.44. The highest BCUT2D eigenvalue weighted by atomic mass is 19.1. The SMILES string of the molecule is Cc1c(NC(C)c2cc(F)cc(F)c2)cccc1C(=O)NCCO. The topological polar surface area (TPSA) is 61.4 Å². The van der Waals surface area contributed by atoms with Gasteiger partial charge in [0, 0.05) is 29.9 Å². The molecule has 0 bridgehead atoms. The van der Waals surface area contributed by atoms with Gasteiger partial charge in [0.05, 0.1) is 6.61 Å². The lowest BCUT2D eigenvalue weighted by Crippen LogP contribution is -2.27. The third-order valence-electron chi connectivity index (χ3n) is 3.73. The Balaban J connectivity index is 2.21. The van der Waals surface area contributed by atoms with Crippen molar-refractivity contribution in [3.8, 4) is 0 Å². The Kier molecular flexibility index (Phi) is 5.87. The van der Waals surface area contributed by atoms with Gasteiger partial charge in [0.25, 0.3) is 5.91 Å². The molecule has 6 heteroatoms. The Bertz CT molecular complexity index is 715. The van der Waals surface area contributed by atoms with E-state index in [4.69, 9.17) is 5.11 Å². The first kappa shape index (κ1) is 17.9. The van der Waals surface area contributed by atoms with Crippen LogP contribution in [0.3, 0.4) is 0 Å². The maximum Gasteiger partial charge on any atom is 0.251 e. The van der Waals surface area contributed by atoms with Crippen molar-refractivity contribution in [3.05, 3.63) is 64.7 Å². The minimum absolute atomic E-state index is 0.134. The van der Waals surface area contributed by atoms with E-state index in [1.54, 1.807) is 32.0 Å². The first-order chi connectivity index (χ1) is 11.4. The van der Waals surface area contributed by atoms with Crippen LogP contribution in [0.5, 0.6) is 0 Å². The minimum Gasteiger partial charge on any atom is -0.395 e. The predicted octanol–water partition coefficient (Wildman–Crippen LogP) is 3.17. The number of carbonyl (C=O) groups is 1. The Labute approximate surface area is 139 Å². The van der Waals surface area contributed by atoms with E-state index >= 15 is 0 Å². The van der Waals surface area contributed by atoms with Crippen LogP contribution in [0, 0.1) is 18.6 Å². The number of aliphatic hydroxyl groups is 1. The van der Waals surface area contributed by atoms with E-state index in [1.807, 2.05) is 0 Å². The van der Waals surface area contributed by atoms with Gasteiger partial charge in [-0.2, -0.15) is 0 Å². The molecule has 0 heterocycles. The highest BCUT2D eigenvalue weighted by molar-refractivity contribution is 5.97. The summed E-state index contributed by atoms with van der Waals surface area (Å²) in [5, 5.41) is 14.6. The number of rotatable bonds is 6. The van der Waals surface area contributed by atoms with Crippen molar-refractivity contribution < 1.29 is 18.7 Å². The molecule has 24 heavy (non-hydrogen) atoms. The highest BCUT2D eigenvalue weighted by Crippen LogP contribution is 2.25. The lowest BCUT2D eigenvalue weighted by molar-refractivity contribution is 0.0944. The van der Waals surface area contributed by atoms with Gasteiger partial charge >= 0.3 is 0 Å². The molecule has 0 saturated heterocycles. The van der Waals surface area contributed by atoms with Gasteiger partial charge < -0.3 is 15.7 Å². The molecule has 0 spiro atoms. The van der Waals surface area contributed by atoms with Crippen molar-refractivity contribution in [1.82, 2.24) is 5.32 Å². The molecule has 0 aliphatic carbocycles. The number of hydrogen-bond donors (Lipinski definition) is 3. The zero-order chi connectivity index (χ0) is 17.7. The van der Waals surface area contributed by atoms with E-state index in [9.17, 15) is 13.6 Å². The average molecular weight is 334 g/mol. The van der Waals surface area contributed by atoms with E-state index in [-0.39, 0.29) is 25.1 Å². The Morgan fingerprint density at radius 3 is 2.50 bits per heavy atom. The van der Waals surface area contributed by atoms with Crippen molar-refractivity contribution in [3.63, 3.8) is 0 Å². The summed E-state index contributed by atoms with van der Waals surface area (Å²) >= 11 is 0. The summed E-state index contributed by atoms with van der Waals surface area (Å²) in [4.78, 5) is 12.1. The van der Waals surface area contributed by atoms with Crippen LogP contribution in [0.1, 0.15) is 34.5 Å². The molecule has 1 amide bonds. The summed E-state index contributed by atoms with van der Waals surface area (Å²) in [6.45, 7) is 3.61. The molecule has 0 aromatic heterocycles. The van der Waals surface area contributed by atoms with Crippen LogP contribution in [0.15, 0.2) is 36.4 Å². The molecule has 0 saturated carbocycles.